The number of ether oxygens (including phenoxy) is 1. The van der Waals surface area contributed by atoms with E-state index in [1.807, 2.05) is 0 Å². The van der Waals surface area contributed by atoms with Crippen molar-refractivity contribution >= 4 is 23.5 Å². The summed E-state index contributed by atoms with van der Waals surface area (Å²) in [6.07, 6.45) is -4.86. The van der Waals surface area contributed by atoms with Gasteiger partial charge in [0.2, 0.25) is 11.8 Å². The SMILES string of the molecule is CC(C)CC(NC(=O)c1cc(C(C)(C)F)on1)C(=O)N[C@@H](C[C@@H]1CCNC1=O)C(=O)COC(F)(F)F. The van der Waals surface area contributed by atoms with Gasteiger partial charge in [-0.3, -0.25) is 23.9 Å². The van der Waals surface area contributed by atoms with Crippen LogP contribution >= 0.6 is 0 Å². The van der Waals surface area contributed by atoms with Crippen LogP contribution in [0, 0.1) is 11.8 Å². The molecule has 0 radical (unpaired) electrons. The number of ketones is 1. The molecule has 1 unspecified atom stereocenters. The Labute approximate surface area is 204 Å². The van der Waals surface area contributed by atoms with Gasteiger partial charge in [0.25, 0.3) is 5.91 Å². The Balaban J connectivity index is 2.17. The predicted molar refractivity (Wildman–Crippen MR) is 116 cm³/mol. The van der Waals surface area contributed by atoms with E-state index in [-0.39, 0.29) is 36.1 Å². The molecule has 14 heteroatoms. The number of hydrogen-bond acceptors (Lipinski definition) is 7. The van der Waals surface area contributed by atoms with E-state index in [9.17, 15) is 36.7 Å². The molecule has 1 aliphatic heterocycles. The van der Waals surface area contributed by atoms with Crippen LogP contribution in [0.15, 0.2) is 10.6 Å². The van der Waals surface area contributed by atoms with Crippen molar-refractivity contribution in [3.05, 3.63) is 17.5 Å². The third-order valence-corrected chi connectivity index (χ3v) is 5.42. The number of carbonyl (C=O) groups excluding carboxylic acids is 4. The molecule has 0 aromatic carbocycles. The van der Waals surface area contributed by atoms with E-state index in [0.29, 0.717) is 13.0 Å². The second kappa shape index (κ2) is 11.8. The number of nitrogens with one attached hydrogen (secondary N) is 3. The Kier molecular flexibility index (Phi) is 9.57. The Morgan fingerprint density at radius 2 is 1.86 bits per heavy atom. The molecule has 36 heavy (non-hydrogen) atoms. The van der Waals surface area contributed by atoms with Crippen LogP contribution in [0.1, 0.15) is 63.2 Å². The van der Waals surface area contributed by atoms with Crippen LogP contribution in [-0.4, -0.2) is 60.3 Å². The average Bonchev–Trinajstić information content (AvgIpc) is 3.39. The maximum atomic E-state index is 14.0. The highest BCUT2D eigenvalue weighted by Gasteiger charge is 2.36. The van der Waals surface area contributed by atoms with Crippen LogP contribution in [0.3, 0.4) is 0 Å². The summed E-state index contributed by atoms with van der Waals surface area (Å²) < 4.78 is 59.8. The van der Waals surface area contributed by atoms with Crippen molar-refractivity contribution in [1.29, 1.82) is 0 Å². The number of carbonyl (C=O) groups is 4. The van der Waals surface area contributed by atoms with Crippen LogP contribution in [-0.2, 0) is 24.8 Å². The number of nitrogens with zero attached hydrogens (tertiary/aromatic N) is 1. The number of hydrogen-bond donors (Lipinski definition) is 3. The topological polar surface area (TPSA) is 140 Å². The maximum Gasteiger partial charge on any atom is 0.522 e. The third kappa shape index (κ3) is 8.88. The van der Waals surface area contributed by atoms with Crippen LogP contribution in [0.5, 0.6) is 0 Å². The summed E-state index contributed by atoms with van der Waals surface area (Å²) in [5.74, 6) is -4.20. The molecular formula is C22H30F4N4O6. The van der Waals surface area contributed by atoms with Gasteiger partial charge in [0.1, 0.15) is 12.6 Å². The highest BCUT2D eigenvalue weighted by Crippen LogP contribution is 2.25. The van der Waals surface area contributed by atoms with Crippen LogP contribution in [0.25, 0.3) is 0 Å². The molecule has 3 N–H and O–H groups in total. The molecule has 3 atom stereocenters. The van der Waals surface area contributed by atoms with E-state index in [2.05, 4.69) is 25.8 Å². The second-order valence-electron chi connectivity index (χ2n) is 9.48. The summed E-state index contributed by atoms with van der Waals surface area (Å²) in [6.45, 7) is 4.90. The molecule has 2 heterocycles. The van der Waals surface area contributed by atoms with E-state index < -0.39 is 54.2 Å². The van der Waals surface area contributed by atoms with Gasteiger partial charge in [-0.1, -0.05) is 19.0 Å². The van der Waals surface area contributed by atoms with Crippen molar-refractivity contribution < 1.29 is 46.0 Å². The molecule has 1 aliphatic rings. The molecule has 0 aliphatic carbocycles. The number of alkyl halides is 4. The van der Waals surface area contributed by atoms with Crippen LogP contribution in [0.4, 0.5) is 17.6 Å². The Bertz CT molecular complexity index is 957. The molecule has 1 saturated heterocycles. The zero-order chi connectivity index (χ0) is 27.3. The van der Waals surface area contributed by atoms with Crippen molar-refractivity contribution in [3.63, 3.8) is 0 Å². The first-order valence-corrected chi connectivity index (χ1v) is 11.3. The van der Waals surface area contributed by atoms with Crippen molar-refractivity contribution in [1.82, 2.24) is 21.1 Å². The van der Waals surface area contributed by atoms with Crippen molar-refractivity contribution in [2.24, 2.45) is 11.8 Å². The number of halogens is 4. The minimum atomic E-state index is -5.06. The lowest BCUT2D eigenvalue weighted by Crippen LogP contribution is -2.53. The summed E-state index contributed by atoms with van der Waals surface area (Å²) in [7, 11) is 0. The van der Waals surface area contributed by atoms with Gasteiger partial charge in [0, 0.05) is 18.5 Å². The number of amides is 3. The number of rotatable bonds is 12. The molecule has 1 aromatic heterocycles. The minimum Gasteiger partial charge on any atom is -0.357 e. The highest BCUT2D eigenvalue weighted by molar-refractivity contribution is 5.97. The van der Waals surface area contributed by atoms with E-state index in [1.54, 1.807) is 13.8 Å². The average molecular weight is 522 g/mol. The molecule has 1 aromatic rings. The smallest absolute Gasteiger partial charge is 0.357 e. The second-order valence-corrected chi connectivity index (χ2v) is 9.48. The fourth-order valence-corrected chi connectivity index (χ4v) is 3.55. The molecule has 202 valence electrons. The fourth-order valence-electron chi connectivity index (χ4n) is 3.55. The predicted octanol–water partition coefficient (Wildman–Crippen LogP) is 2.14. The normalized spacial score (nSPS) is 18.0. The molecular weight excluding hydrogens is 492 g/mol. The maximum absolute atomic E-state index is 14.0. The van der Waals surface area contributed by atoms with Crippen LogP contribution < -0.4 is 16.0 Å². The van der Waals surface area contributed by atoms with Gasteiger partial charge in [0.15, 0.2) is 22.9 Å². The first-order chi connectivity index (χ1) is 16.6. The van der Waals surface area contributed by atoms with Crippen molar-refractivity contribution in [3.8, 4) is 0 Å². The van der Waals surface area contributed by atoms with Crippen molar-refractivity contribution in [2.45, 2.75) is 71.1 Å². The molecule has 0 spiro atoms. The molecule has 10 nitrogen and oxygen atoms in total. The minimum absolute atomic E-state index is 0.0980. The van der Waals surface area contributed by atoms with Gasteiger partial charge in [0.05, 0.1) is 6.04 Å². The van der Waals surface area contributed by atoms with Gasteiger partial charge in [-0.25, -0.2) is 4.39 Å². The van der Waals surface area contributed by atoms with E-state index in [1.165, 1.54) is 13.8 Å². The first kappa shape index (κ1) is 29.2. The quantitative estimate of drug-likeness (QED) is 0.358. The summed E-state index contributed by atoms with van der Waals surface area (Å²) >= 11 is 0. The Morgan fingerprint density at radius 1 is 1.19 bits per heavy atom. The molecule has 0 bridgehead atoms. The van der Waals surface area contributed by atoms with Crippen molar-refractivity contribution in [2.75, 3.05) is 13.2 Å². The van der Waals surface area contributed by atoms with Crippen LogP contribution in [0.2, 0.25) is 0 Å². The molecule has 3 amide bonds. The molecule has 2 rings (SSSR count). The summed E-state index contributed by atoms with van der Waals surface area (Å²) in [6, 6.07) is -1.60. The van der Waals surface area contributed by atoms with Gasteiger partial charge in [-0.2, -0.15) is 0 Å². The van der Waals surface area contributed by atoms with E-state index >= 15 is 0 Å². The molecule has 0 saturated carbocycles. The monoisotopic (exact) mass is 522 g/mol. The standard InChI is InChI=1S/C22H30F4N4O6/c1-11(2)7-14(29-20(34)15-9-17(36-30-15)21(3,4)23)19(33)28-13(8-12-5-6-27-18(12)32)16(31)10-35-22(24,25)26/h9,11-14H,5-8,10H2,1-4H3,(H,27,32)(H,28,33)(H,29,34)/t12-,13-,14?/m0/s1. The summed E-state index contributed by atoms with van der Waals surface area (Å²) in [5, 5.41) is 10.9. The molecule has 1 fully saturated rings. The lowest BCUT2D eigenvalue weighted by atomic mass is 9.95. The van der Waals surface area contributed by atoms with Gasteiger partial charge < -0.3 is 20.5 Å². The van der Waals surface area contributed by atoms with Gasteiger partial charge in [-0.15, -0.1) is 13.2 Å². The lowest BCUT2D eigenvalue weighted by molar-refractivity contribution is -0.321. The Morgan fingerprint density at radius 3 is 2.36 bits per heavy atom. The van der Waals surface area contributed by atoms with E-state index in [4.69, 9.17) is 4.52 Å². The van der Waals surface area contributed by atoms with E-state index in [0.717, 1.165) is 6.07 Å². The third-order valence-electron chi connectivity index (χ3n) is 5.42. The first-order valence-electron chi connectivity index (χ1n) is 11.3. The largest absolute Gasteiger partial charge is 0.522 e. The summed E-state index contributed by atoms with van der Waals surface area (Å²) in [4.78, 5) is 50.1. The summed E-state index contributed by atoms with van der Waals surface area (Å²) in [5.41, 5.74) is -2.19. The zero-order valence-corrected chi connectivity index (χ0v) is 20.3. The Hall–Kier alpha value is -3.03. The fraction of sp³-hybridized carbons (Fsp3) is 0.682. The lowest BCUT2D eigenvalue weighted by Gasteiger charge is -2.25. The number of Topliss-reactive ketones (excluding diaryl/α,β-unsaturated/α-hetero) is 1. The number of aromatic nitrogens is 1. The van der Waals surface area contributed by atoms with Gasteiger partial charge in [-0.05, 0) is 39.0 Å². The van der Waals surface area contributed by atoms with Gasteiger partial charge >= 0.3 is 6.36 Å². The zero-order valence-electron chi connectivity index (χ0n) is 20.3. The highest BCUT2D eigenvalue weighted by atomic mass is 19.4.